The molecule has 0 radical (unpaired) electrons. The first-order valence-electron chi connectivity index (χ1n) is 10.6. The van der Waals surface area contributed by atoms with Crippen LogP contribution in [0.4, 0.5) is 9.59 Å². The molecule has 0 bridgehead atoms. The molecule has 0 aliphatic rings. The molecule has 26 heavy (non-hydrogen) atoms. The summed E-state index contributed by atoms with van der Waals surface area (Å²) < 4.78 is 0. The van der Waals surface area contributed by atoms with E-state index in [1.807, 2.05) is 0 Å². The Labute approximate surface area is 160 Å². The van der Waals surface area contributed by atoms with Crippen LogP contribution in [0.5, 0.6) is 0 Å². The Morgan fingerprint density at radius 1 is 0.654 bits per heavy atom. The highest BCUT2D eigenvalue weighted by atomic mass is 16.2. The standard InChI is InChI=1S/C20H42N4O2/c1-4-6-8-10-14-21-19(25)23-16-12-13-18(3)17-24-20(26)22-15-11-9-7-5-2/h18H,4-17H2,1-3H3,(H2,21,23,25)(H2,22,24,26). The van der Waals surface area contributed by atoms with Crippen molar-refractivity contribution in [1.29, 1.82) is 0 Å². The van der Waals surface area contributed by atoms with E-state index in [9.17, 15) is 9.59 Å². The zero-order valence-electron chi connectivity index (χ0n) is 17.3. The SMILES string of the molecule is CCCCCCNC(=O)NCCCC(C)CNC(=O)NCCCCCC. The fourth-order valence-electron chi connectivity index (χ4n) is 2.65. The third-order valence-electron chi connectivity index (χ3n) is 4.40. The maximum Gasteiger partial charge on any atom is 0.314 e. The first-order valence-corrected chi connectivity index (χ1v) is 10.6. The molecule has 0 aromatic rings. The van der Waals surface area contributed by atoms with Gasteiger partial charge in [-0.15, -0.1) is 0 Å². The van der Waals surface area contributed by atoms with Crippen LogP contribution in [0.1, 0.15) is 85.0 Å². The predicted molar refractivity (Wildman–Crippen MR) is 109 cm³/mol. The van der Waals surface area contributed by atoms with Gasteiger partial charge in [-0.3, -0.25) is 0 Å². The summed E-state index contributed by atoms with van der Waals surface area (Å²) in [6, 6.07) is -0.149. The molecule has 0 aliphatic heterocycles. The van der Waals surface area contributed by atoms with Crippen LogP contribution in [-0.4, -0.2) is 38.2 Å². The zero-order chi connectivity index (χ0) is 19.5. The number of rotatable bonds is 16. The minimum absolute atomic E-state index is 0.0743. The molecule has 0 spiro atoms. The van der Waals surface area contributed by atoms with Gasteiger partial charge in [0, 0.05) is 26.2 Å². The van der Waals surface area contributed by atoms with Crippen molar-refractivity contribution < 1.29 is 9.59 Å². The van der Waals surface area contributed by atoms with Gasteiger partial charge in [0.05, 0.1) is 0 Å². The number of hydrogen-bond acceptors (Lipinski definition) is 2. The van der Waals surface area contributed by atoms with Crippen molar-refractivity contribution in [3.8, 4) is 0 Å². The molecule has 1 unspecified atom stereocenters. The molecule has 0 saturated carbocycles. The molecule has 0 aromatic heterocycles. The lowest BCUT2D eigenvalue weighted by atomic mass is 10.1. The molecule has 4 N–H and O–H groups in total. The number of hydrogen-bond donors (Lipinski definition) is 4. The van der Waals surface area contributed by atoms with Crippen LogP contribution < -0.4 is 21.3 Å². The summed E-state index contributed by atoms with van der Waals surface area (Å²) in [4.78, 5) is 23.3. The van der Waals surface area contributed by atoms with Crippen LogP contribution in [0.2, 0.25) is 0 Å². The van der Waals surface area contributed by atoms with E-state index in [0.717, 1.165) is 38.8 Å². The number of nitrogens with one attached hydrogen (secondary N) is 4. The highest BCUT2D eigenvalue weighted by Gasteiger charge is 2.06. The summed E-state index contributed by atoms with van der Waals surface area (Å²) in [5, 5.41) is 11.6. The van der Waals surface area contributed by atoms with Crippen LogP contribution in [0, 0.1) is 5.92 Å². The van der Waals surface area contributed by atoms with Crippen molar-refractivity contribution in [2.45, 2.75) is 85.0 Å². The molecule has 0 heterocycles. The maximum atomic E-state index is 11.7. The monoisotopic (exact) mass is 370 g/mol. The Morgan fingerprint density at radius 3 is 1.62 bits per heavy atom. The Morgan fingerprint density at radius 2 is 1.12 bits per heavy atom. The molecule has 6 heteroatoms. The third-order valence-corrected chi connectivity index (χ3v) is 4.40. The Bertz CT molecular complexity index is 351. The quantitative estimate of drug-likeness (QED) is 0.308. The molecular weight excluding hydrogens is 328 g/mol. The molecular formula is C20H42N4O2. The summed E-state index contributed by atoms with van der Waals surface area (Å²) in [5.41, 5.74) is 0. The molecule has 4 amide bonds. The number of carbonyl (C=O) groups excluding carboxylic acids is 2. The van der Waals surface area contributed by atoms with Crippen molar-refractivity contribution in [1.82, 2.24) is 21.3 Å². The zero-order valence-corrected chi connectivity index (χ0v) is 17.3. The second-order valence-electron chi connectivity index (χ2n) is 7.19. The lowest BCUT2D eigenvalue weighted by Gasteiger charge is -2.14. The molecule has 1 atom stereocenters. The van der Waals surface area contributed by atoms with Gasteiger partial charge in [-0.1, -0.05) is 59.3 Å². The first-order chi connectivity index (χ1) is 12.6. The van der Waals surface area contributed by atoms with Crippen molar-refractivity contribution >= 4 is 12.1 Å². The van der Waals surface area contributed by atoms with E-state index in [1.54, 1.807) is 0 Å². The smallest absolute Gasteiger partial charge is 0.314 e. The average Bonchev–Trinajstić information content (AvgIpc) is 2.63. The van der Waals surface area contributed by atoms with E-state index in [-0.39, 0.29) is 12.1 Å². The maximum absolute atomic E-state index is 11.7. The predicted octanol–water partition coefficient (Wildman–Crippen LogP) is 4.16. The Kier molecular flexibility index (Phi) is 17.3. The van der Waals surface area contributed by atoms with Gasteiger partial charge < -0.3 is 21.3 Å². The van der Waals surface area contributed by atoms with Crippen LogP contribution >= 0.6 is 0 Å². The molecule has 6 nitrogen and oxygen atoms in total. The number of carbonyl (C=O) groups is 2. The summed E-state index contributed by atoms with van der Waals surface area (Å²) >= 11 is 0. The van der Waals surface area contributed by atoms with Gasteiger partial charge in [0.2, 0.25) is 0 Å². The molecule has 0 aromatic carbocycles. The van der Waals surface area contributed by atoms with Crippen LogP contribution in [0.25, 0.3) is 0 Å². The molecule has 0 rings (SSSR count). The summed E-state index contributed by atoms with van der Waals surface area (Å²) in [6.07, 6.45) is 11.2. The summed E-state index contributed by atoms with van der Waals surface area (Å²) in [7, 11) is 0. The summed E-state index contributed by atoms with van der Waals surface area (Å²) in [6.45, 7) is 9.32. The van der Waals surface area contributed by atoms with Crippen molar-refractivity contribution in [3.05, 3.63) is 0 Å². The highest BCUT2D eigenvalue weighted by Crippen LogP contribution is 2.03. The first kappa shape index (κ1) is 24.5. The van der Waals surface area contributed by atoms with E-state index >= 15 is 0 Å². The minimum atomic E-state index is -0.0751. The van der Waals surface area contributed by atoms with E-state index < -0.39 is 0 Å². The number of amides is 4. The Hall–Kier alpha value is -1.46. The van der Waals surface area contributed by atoms with Crippen LogP contribution in [0.3, 0.4) is 0 Å². The molecule has 0 aliphatic carbocycles. The minimum Gasteiger partial charge on any atom is -0.338 e. The molecule has 0 saturated heterocycles. The topological polar surface area (TPSA) is 82.3 Å². The molecule has 0 fully saturated rings. The van der Waals surface area contributed by atoms with Gasteiger partial charge in [-0.25, -0.2) is 9.59 Å². The summed E-state index contributed by atoms with van der Waals surface area (Å²) in [5.74, 6) is 0.403. The van der Waals surface area contributed by atoms with Crippen molar-refractivity contribution in [2.75, 3.05) is 26.2 Å². The highest BCUT2D eigenvalue weighted by molar-refractivity contribution is 5.74. The largest absolute Gasteiger partial charge is 0.338 e. The second-order valence-corrected chi connectivity index (χ2v) is 7.19. The van der Waals surface area contributed by atoms with E-state index in [0.29, 0.717) is 19.0 Å². The Balaban J connectivity index is 3.46. The van der Waals surface area contributed by atoms with Gasteiger partial charge in [0.25, 0.3) is 0 Å². The van der Waals surface area contributed by atoms with Crippen molar-refractivity contribution in [2.24, 2.45) is 5.92 Å². The third kappa shape index (κ3) is 17.4. The van der Waals surface area contributed by atoms with E-state index in [2.05, 4.69) is 42.0 Å². The van der Waals surface area contributed by atoms with Crippen molar-refractivity contribution in [3.63, 3.8) is 0 Å². The van der Waals surface area contributed by atoms with Gasteiger partial charge in [-0.2, -0.15) is 0 Å². The van der Waals surface area contributed by atoms with E-state index in [1.165, 1.54) is 38.5 Å². The van der Waals surface area contributed by atoms with Gasteiger partial charge in [0.1, 0.15) is 0 Å². The number of unbranched alkanes of at least 4 members (excludes halogenated alkanes) is 6. The normalized spacial score (nSPS) is 11.7. The lowest BCUT2D eigenvalue weighted by molar-refractivity contribution is 0.238. The average molecular weight is 371 g/mol. The van der Waals surface area contributed by atoms with Crippen LogP contribution in [-0.2, 0) is 0 Å². The van der Waals surface area contributed by atoms with Crippen LogP contribution in [0.15, 0.2) is 0 Å². The molecule has 154 valence electrons. The fourth-order valence-corrected chi connectivity index (χ4v) is 2.65. The van der Waals surface area contributed by atoms with Gasteiger partial charge in [-0.05, 0) is 31.6 Å². The van der Waals surface area contributed by atoms with Gasteiger partial charge >= 0.3 is 12.1 Å². The van der Waals surface area contributed by atoms with E-state index in [4.69, 9.17) is 0 Å². The lowest BCUT2D eigenvalue weighted by Crippen LogP contribution is -2.38. The fraction of sp³-hybridized carbons (Fsp3) is 0.900. The second kappa shape index (κ2) is 18.3. The van der Waals surface area contributed by atoms with Gasteiger partial charge in [0.15, 0.2) is 0 Å². The number of urea groups is 2.